The van der Waals surface area contributed by atoms with Gasteiger partial charge in [-0.15, -0.1) is 6.58 Å². The van der Waals surface area contributed by atoms with Gasteiger partial charge in [-0.25, -0.2) is 0 Å². The van der Waals surface area contributed by atoms with Crippen molar-refractivity contribution in [1.82, 2.24) is 10.2 Å². The number of hydrogen-bond acceptors (Lipinski definition) is 4. The molecule has 1 aliphatic heterocycles. The Bertz CT molecular complexity index is 248. The van der Waals surface area contributed by atoms with Crippen LogP contribution in [0.25, 0.3) is 0 Å². The van der Waals surface area contributed by atoms with Crippen molar-refractivity contribution in [2.24, 2.45) is 0 Å². The van der Waals surface area contributed by atoms with Gasteiger partial charge in [0.25, 0.3) is 0 Å². The van der Waals surface area contributed by atoms with Gasteiger partial charge in [0.05, 0.1) is 0 Å². The minimum absolute atomic E-state index is 0.319. The number of aliphatic hydroxyl groups is 1. The summed E-state index contributed by atoms with van der Waals surface area (Å²) < 4.78 is 9.07. The zero-order chi connectivity index (χ0) is 11.5. The zero-order valence-corrected chi connectivity index (χ0v) is 9.07. The molecular formula is C10H17BN2O2. The third-order valence-corrected chi connectivity index (χ3v) is 2.03. The van der Waals surface area contributed by atoms with E-state index in [4.69, 9.17) is 9.81 Å². The number of rotatable bonds is 2. The molecule has 0 spiro atoms. The van der Waals surface area contributed by atoms with Crippen LogP contribution in [-0.2, 0) is 4.70 Å². The van der Waals surface area contributed by atoms with E-state index in [1.165, 1.54) is 12.7 Å². The van der Waals surface area contributed by atoms with Gasteiger partial charge in [0.15, 0.2) is 0 Å². The number of aliphatic hydroxyl groups excluding tert-OH is 1. The molecule has 0 aromatic heterocycles. The second-order valence-electron chi connectivity index (χ2n) is 3.31. The first kappa shape index (κ1) is 13.9. The summed E-state index contributed by atoms with van der Waals surface area (Å²) in [5.74, 6) is 1.74. The van der Waals surface area contributed by atoms with Crippen LogP contribution in [0.15, 0.2) is 12.7 Å². The van der Waals surface area contributed by atoms with E-state index in [2.05, 4.69) is 23.8 Å². The zero-order valence-electron chi connectivity index (χ0n) is 9.07. The van der Waals surface area contributed by atoms with Crippen LogP contribution in [0.2, 0.25) is 0 Å². The van der Waals surface area contributed by atoms with Gasteiger partial charge in [0.1, 0.15) is 0 Å². The van der Waals surface area contributed by atoms with E-state index < -0.39 is 0 Å². The molecule has 0 saturated carbocycles. The van der Waals surface area contributed by atoms with Crippen molar-refractivity contribution in [1.29, 1.82) is 0 Å². The molecule has 0 aromatic rings. The topological polar surface area (TPSA) is 52.6 Å². The van der Waals surface area contributed by atoms with Gasteiger partial charge >= 0.3 is 28.9 Å². The molecule has 82 valence electrons. The predicted molar refractivity (Wildman–Crippen MR) is 60.3 cm³/mol. The van der Waals surface area contributed by atoms with Crippen molar-refractivity contribution in [2.45, 2.75) is 12.5 Å². The maximum atomic E-state index is 9.07. The second kappa shape index (κ2) is 9.44. The fraction of sp³-hybridized carbons (Fsp3) is 0.600. The van der Waals surface area contributed by atoms with Crippen molar-refractivity contribution in [3.05, 3.63) is 12.7 Å². The summed E-state index contributed by atoms with van der Waals surface area (Å²) in [6.45, 7) is 7.17. The third-order valence-electron chi connectivity index (χ3n) is 2.03. The monoisotopic (exact) mass is 208 g/mol. The summed E-state index contributed by atoms with van der Waals surface area (Å²) in [5.41, 5.74) is 0. The number of hydrogen-bond donors (Lipinski definition) is 2. The quantitative estimate of drug-likeness (QED) is 0.374. The SMILES string of the molecule is C=CC[C@H]1CN(C)CCN1.O=BC#CO. The Morgan fingerprint density at radius 3 is 2.93 bits per heavy atom. The molecule has 1 aliphatic rings. The van der Waals surface area contributed by atoms with Crippen LogP contribution in [0.1, 0.15) is 6.42 Å². The number of piperazine rings is 1. The number of nitrogens with one attached hydrogen (secondary N) is 1. The van der Waals surface area contributed by atoms with Crippen molar-refractivity contribution in [2.75, 3.05) is 26.7 Å². The summed E-state index contributed by atoms with van der Waals surface area (Å²) in [5, 5.41) is 10.9. The van der Waals surface area contributed by atoms with Crippen LogP contribution >= 0.6 is 0 Å². The van der Waals surface area contributed by atoms with E-state index in [1.54, 1.807) is 5.82 Å². The first-order chi connectivity index (χ1) is 7.24. The number of likely N-dealkylation sites (N-methyl/N-ethyl adjacent to an activating group) is 1. The molecule has 0 aromatic carbocycles. The summed E-state index contributed by atoms with van der Waals surface area (Å²) in [4.78, 5) is 2.35. The minimum atomic E-state index is 0.319. The van der Waals surface area contributed by atoms with E-state index in [1.807, 2.05) is 6.08 Å². The molecule has 4 nitrogen and oxygen atoms in total. The Morgan fingerprint density at radius 1 is 1.80 bits per heavy atom. The van der Waals surface area contributed by atoms with Gasteiger partial charge in [-0.1, -0.05) is 6.08 Å². The van der Waals surface area contributed by atoms with Crippen molar-refractivity contribution in [3.8, 4) is 11.9 Å². The molecule has 2 N–H and O–H groups in total. The van der Waals surface area contributed by atoms with Crippen LogP contribution in [0, 0.1) is 11.9 Å². The van der Waals surface area contributed by atoms with Crippen LogP contribution in [0.5, 0.6) is 0 Å². The average Bonchev–Trinajstić information content (AvgIpc) is 2.20. The molecule has 0 bridgehead atoms. The Labute approximate surface area is 91.6 Å². The van der Waals surface area contributed by atoms with Gasteiger partial charge < -0.3 is 10.2 Å². The Hall–Kier alpha value is -1.12. The summed E-state index contributed by atoms with van der Waals surface area (Å²) in [7, 11) is 2.48. The molecule has 1 heterocycles. The fourth-order valence-corrected chi connectivity index (χ4v) is 1.38. The molecule has 1 saturated heterocycles. The van der Waals surface area contributed by atoms with E-state index in [9.17, 15) is 0 Å². The van der Waals surface area contributed by atoms with Crippen molar-refractivity contribution >= 4 is 7.15 Å². The fourth-order valence-electron chi connectivity index (χ4n) is 1.38. The molecule has 5 heteroatoms. The third kappa shape index (κ3) is 7.92. The molecule has 1 atom stereocenters. The molecular weight excluding hydrogens is 191 g/mol. The van der Waals surface area contributed by atoms with Gasteiger partial charge in [-0.05, 0) is 13.5 Å². The average molecular weight is 208 g/mol. The predicted octanol–water partition coefficient (Wildman–Crippen LogP) is -0.207. The molecule has 0 radical (unpaired) electrons. The first-order valence-electron chi connectivity index (χ1n) is 4.85. The van der Waals surface area contributed by atoms with E-state index in [-0.39, 0.29) is 0 Å². The Morgan fingerprint density at radius 2 is 2.53 bits per heavy atom. The van der Waals surface area contributed by atoms with Crippen molar-refractivity contribution < 1.29 is 9.81 Å². The Balaban J connectivity index is 0.000000336. The van der Waals surface area contributed by atoms with Gasteiger partial charge in [0, 0.05) is 25.7 Å². The maximum absolute atomic E-state index is 9.07. The Kier molecular flexibility index (Phi) is 8.74. The van der Waals surface area contributed by atoms with Crippen LogP contribution in [0.3, 0.4) is 0 Å². The van der Waals surface area contributed by atoms with Crippen molar-refractivity contribution in [3.63, 3.8) is 0 Å². The normalized spacial score (nSPS) is 19.9. The first-order valence-corrected chi connectivity index (χ1v) is 4.85. The summed E-state index contributed by atoms with van der Waals surface area (Å²) >= 11 is 0. The van der Waals surface area contributed by atoms with Crippen LogP contribution in [-0.4, -0.2) is 49.9 Å². The van der Waals surface area contributed by atoms with E-state index >= 15 is 0 Å². The molecule has 0 amide bonds. The molecule has 0 aliphatic carbocycles. The molecule has 0 unspecified atom stereocenters. The van der Waals surface area contributed by atoms with Gasteiger partial charge in [0.2, 0.25) is 0 Å². The molecule has 1 fully saturated rings. The van der Waals surface area contributed by atoms with Crippen LogP contribution in [0.4, 0.5) is 0 Å². The molecule has 15 heavy (non-hydrogen) atoms. The summed E-state index contributed by atoms with van der Waals surface area (Å²) in [6.07, 6.45) is 4.47. The van der Waals surface area contributed by atoms with Gasteiger partial charge in [-0.3, -0.25) is 0 Å². The van der Waals surface area contributed by atoms with E-state index in [0.29, 0.717) is 13.2 Å². The number of nitrogens with zero attached hydrogens (tertiary/aromatic N) is 1. The standard InChI is InChI=1S/C8H16N2.C2HBO2/c1-3-4-8-7-10(2)6-5-9-8;4-2-1-3-5/h3,8-9H,1,4-7H2,2H3;4H/t8-;/m0./s1. The van der Waals surface area contributed by atoms with Gasteiger partial charge in [-0.2, -0.15) is 0 Å². The van der Waals surface area contributed by atoms with Crippen LogP contribution < -0.4 is 5.32 Å². The second-order valence-corrected chi connectivity index (χ2v) is 3.31. The summed E-state index contributed by atoms with van der Waals surface area (Å²) in [6, 6.07) is 0.635. The molecule has 1 rings (SSSR count). The van der Waals surface area contributed by atoms with E-state index in [0.717, 1.165) is 19.5 Å².